The van der Waals surface area contributed by atoms with Gasteiger partial charge in [-0.25, -0.2) is 9.59 Å². The summed E-state index contributed by atoms with van der Waals surface area (Å²) in [5, 5.41) is 9.98. The van der Waals surface area contributed by atoms with Crippen molar-refractivity contribution in [3.05, 3.63) is 132 Å². The minimum atomic E-state index is -0.778. The Balaban J connectivity index is 1.04. The number of amides is 2. The first-order chi connectivity index (χ1) is 30.5. The van der Waals surface area contributed by atoms with Gasteiger partial charge in [0.25, 0.3) is 0 Å². The van der Waals surface area contributed by atoms with Gasteiger partial charge in [0.1, 0.15) is 23.7 Å². The zero-order valence-electron chi connectivity index (χ0n) is 37.2. The number of rotatable bonds is 19. The lowest BCUT2D eigenvalue weighted by molar-refractivity contribution is -0.121. The van der Waals surface area contributed by atoms with Gasteiger partial charge in [0.05, 0.1) is 19.3 Å². The van der Waals surface area contributed by atoms with E-state index in [4.69, 9.17) is 18.9 Å². The largest absolute Gasteiger partial charge is 0.493 e. The van der Waals surface area contributed by atoms with Gasteiger partial charge in [-0.3, -0.25) is 4.79 Å². The van der Waals surface area contributed by atoms with Crippen molar-refractivity contribution in [2.75, 3.05) is 26.4 Å². The second-order valence-electron chi connectivity index (χ2n) is 17.7. The summed E-state index contributed by atoms with van der Waals surface area (Å²) in [6, 6.07) is 40.4. The van der Waals surface area contributed by atoms with Crippen LogP contribution in [-0.2, 0) is 14.3 Å². The molecule has 0 bridgehead atoms. The Morgan fingerprint density at radius 1 is 0.619 bits per heavy atom. The summed E-state index contributed by atoms with van der Waals surface area (Å²) in [5.74, 6) is 1.79. The van der Waals surface area contributed by atoms with Crippen LogP contribution in [0.15, 0.2) is 121 Å². The van der Waals surface area contributed by atoms with E-state index in [0.29, 0.717) is 50.5 Å². The van der Waals surface area contributed by atoms with Crippen molar-refractivity contribution in [1.29, 1.82) is 0 Å². The minimum absolute atomic E-state index is 0.107. The van der Waals surface area contributed by atoms with E-state index in [2.05, 4.69) is 91.2 Å². The molecule has 328 valence electrons. The van der Waals surface area contributed by atoms with Gasteiger partial charge in [0.2, 0.25) is 0 Å². The highest BCUT2D eigenvalue weighted by atomic mass is 16.6. The molecular formula is C54H60N2O7. The Bertz CT molecular complexity index is 2500. The van der Waals surface area contributed by atoms with Crippen molar-refractivity contribution in [2.24, 2.45) is 5.92 Å². The van der Waals surface area contributed by atoms with Crippen molar-refractivity contribution in [3.63, 3.8) is 0 Å². The van der Waals surface area contributed by atoms with Crippen LogP contribution in [0.25, 0.3) is 43.8 Å². The fourth-order valence-corrected chi connectivity index (χ4v) is 8.34. The maximum atomic E-state index is 14.0. The van der Waals surface area contributed by atoms with E-state index < -0.39 is 23.8 Å². The Kier molecular flexibility index (Phi) is 14.7. The molecule has 0 fully saturated rings. The molecule has 6 aromatic carbocycles. The zero-order chi connectivity index (χ0) is 44.3. The van der Waals surface area contributed by atoms with Crippen LogP contribution in [0.4, 0.5) is 9.59 Å². The second kappa shape index (κ2) is 20.7. The number of hydrogen-bond acceptors (Lipinski definition) is 7. The Labute approximate surface area is 371 Å². The third-order valence-electron chi connectivity index (χ3n) is 11.4. The molecule has 0 radical (unpaired) electrons. The molecule has 9 heteroatoms. The van der Waals surface area contributed by atoms with Crippen molar-refractivity contribution < 1.29 is 33.3 Å². The van der Waals surface area contributed by atoms with Gasteiger partial charge >= 0.3 is 12.2 Å². The molecule has 6 aromatic rings. The lowest BCUT2D eigenvalue weighted by Gasteiger charge is -2.21. The monoisotopic (exact) mass is 848 g/mol. The predicted molar refractivity (Wildman–Crippen MR) is 252 cm³/mol. The summed E-state index contributed by atoms with van der Waals surface area (Å²) in [6.45, 7) is 11.2. The molecule has 1 aliphatic rings. The van der Waals surface area contributed by atoms with Crippen LogP contribution in [0, 0.1) is 5.92 Å². The number of ketones is 1. The number of Topliss-reactive ketones (excluding diaryl/α,β-unsaturated/α-hetero) is 1. The van der Waals surface area contributed by atoms with Gasteiger partial charge in [-0.2, -0.15) is 0 Å². The minimum Gasteiger partial charge on any atom is -0.493 e. The fourth-order valence-electron chi connectivity index (χ4n) is 8.34. The average Bonchev–Trinajstić information content (AvgIpc) is 3.59. The van der Waals surface area contributed by atoms with Crippen molar-refractivity contribution in [3.8, 4) is 33.8 Å². The van der Waals surface area contributed by atoms with Gasteiger partial charge in [-0.15, -0.1) is 0 Å². The van der Waals surface area contributed by atoms with Crippen LogP contribution >= 0.6 is 0 Å². The molecule has 0 aromatic heterocycles. The molecule has 0 unspecified atom stereocenters. The van der Waals surface area contributed by atoms with Crippen LogP contribution in [0.5, 0.6) is 11.5 Å². The van der Waals surface area contributed by atoms with E-state index in [0.717, 1.165) is 67.1 Å². The SMILES string of the molecule is CC(C)CCOc1ccc2ccccc2c1-c1c(OCCCC(=O)[C@@H](CCCCNC(=O)OC(C)(C)C)NC(=O)OCC2c3ccccc3-c3ccccc32)ccc2ccccc12. The van der Waals surface area contributed by atoms with Crippen molar-refractivity contribution >= 4 is 39.5 Å². The highest BCUT2D eigenvalue weighted by Gasteiger charge is 2.30. The van der Waals surface area contributed by atoms with E-state index >= 15 is 0 Å². The molecule has 2 amide bonds. The zero-order valence-corrected chi connectivity index (χ0v) is 37.2. The molecule has 0 heterocycles. The van der Waals surface area contributed by atoms with Gasteiger partial charge < -0.3 is 29.6 Å². The van der Waals surface area contributed by atoms with E-state index in [1.54, 1.807) is 0 Å². The lowest BCUT2D eigenvalue weighted by atomic mass is 9.92. The Hall–Kier alpha value is -6.35. The third-order valence-corrected chi connectivity index (χ3v) is 11.4. The Morgan fingerprint density at radius 2 is 1.17 bits per heavy atom. The third kappa shape index (κ3) is 11.4. The highest BCUT2D eigenvalue weighted by molar-refractivity contribution is 6.09. The molecule has 0 saturated heterocycles. The van der Waals surface area contributed by atoms with Gasteiger partial charge in [-0.1, -0.05) is 123 Å². The number of alkyl carbamates (subject to hydrolysis) is 2. The van der Waals surface area contributed by atoms with Gasteiger partial charge in [-0.05, 0) is 115 Å². The van der Waals surface area contributed by atoms with Crippen LogP contribution in [0.3, 0.4) is 0 Å². The quantitative estimate of drug-likeness (QED) is 0.0781. The number of unbranched alkanes of at least 4 members (excludes halogenated alkanes) is 1. The molecule has 1 aliphatic carbocycles. The predicted octanol–water partition coefficient (Wildman–Crippen LogP) is 12.4. The van der Waals surface area contributed by atoms with Crippen LogP contribution < -0.4 is 20.1 Å². The summed E-state index contributed by atoms with van der Waals surface area (Å²) in [4.78, 5) is 39.7. The maximum Gasteiger partial charge on any atom is 0.407 e. The first-order valence-electron chi connectivity index (χ1n) is 22.4. The number of ether oxygens (including phenoxy) is 4. The molecular weight excluding hydrogens is 789 g/mol. The van der Waals surface area contributed by atoms with Crippen molar-refractivity contribution in [2.45, 2.75) is 90.7 Å². The van der Waals surface area contributed by atoms with Crippen LogP contribution in [-0.4, -0.2) is 56.0 Å². The number of carbonyl (C=O) groups is 3. The Morgan fingerprint density at radius 3 is 1.76 bits per heavy atom. The summed E-state index contributed by atoms with van der Waals surface area (Å²) < 4.78 is 24.3. The number of hydrogen-bond donors (Lipinski definition) is 2. The number of benzene rings is 6. The summed E-state index contributed by atoms with van der Waals surface area (Å²) in [7, 11) is 0. The second-order valence-corrected chi connectivity index (χ2v) is 17.7. The summed E-state index contributed by atoms with van der Waals surface area (Å²) >= 11 is 0. The molecule has 63 heavy (non-hydrogen) atoms. The molecule has 0 aliphatic heterocycles. The normalized spacial score (nSPS) is 12.7. The first-order valence-corrected chi connectivity index (χ1v) is 22.4. The first kappa shape index (κ1) is 44.7. The summed E-state index contributed by atoms with van der Waals surface area (Å²) in [5.41, 5.74) is 5.83. The van der Waals surface area contributed by atoms with E-state index in [1.165, 1.54) is 0 Å². The van der Waals surface area contributed by atoms with E-state index in [-0.39, 0.29) is 31.3 Å². The molecule has 0 saturated carbocycles. The van der Waals surface area contributed by atoms with E-state index in [1.807, 2.05) is 75.4 Å². The van der Waals surface area contributed by atoms with Gasteiger partial charge in [0, 0.05) is 30.0 Å². The summed E-state index contributed by atoms with van der Waals surface area (Å²) in [6.07, 6.45) is 1.99. The standard InChI is InChI=1S/C54H60N2O7/c1-36(2)31-34-61-49-30-28-38-18-7-9-20-40(38)51(49)50-39-19-8-6-17-37(39)27-29-48(50)60-33-16-26-47(57)46(25-14-15-32-55-52(58)63-54(3,4)5)56-53(59)62-35-45-43-23-12-10-21-41(43)42-22-11-13-24-44(42)45/h6-13,17-24,27-30,36,45-46H,14-16,25-26,31-35H2,1-5H3,(H,55,58)(H,56,59)/t46-/m1/s1. The number of carbonyl (C=O) groups excluding carboxylic acids is 3. The average molecular weight is 849 g/mol. The number of nitrogens with one attached hydrogen (secondary N) is 2. The highest BCUT2D eigenvalue weighted by Crippen LogP contribution is 2.46. The molecule has 7 rings (SSSR count). The van der Waals surface area contributed by atoms with Crippen LogP contribution in [0.2, 0.25) is 0 Å². The van der Waals surface area contributed by atoms with Gasteiger partial charge in [0.15, 0.2) is 5.78 Å². The lowest BCUT2D eigenvalue weighted by Crippen LogP contribution is -2.41. The maximum absolute atomic E-state index is 14.0. The smallest absolute Gasteiger partial charge is 0.407 e. The van der Waals surface area contributed by atoms with Crippen molar-refractivity contribution in [1.82, 2.24) is 10.6 Å². The molecule has 1 atom stereocenters. The molecule has 0 spiro atoms. The topological polar surface area (TPSA) is 112 Å². The molecule has 2 N–H and O–H groups in total. The fraction of sp³-hybridized carbons (Fsp3) is 0.352. The number of fused-ring (bicyclic) bond motifs is 5. The van der Waals surface area contributed by atoms with Crippen LogP contribution in [0.1, 0.15) is 90.2 Å². The van der Waals surface area contributed by atoms with E-state index in [9.17, 15) is 14.4 Å². The molecule has 9 nitrogen and oxygen atoms in total.